The number of unbranched alkanes of at least 4 members (excludes halogenated alkanes) is 9. The summed E-state index contributed by atoms with van der Waals surface area (Å²) in [4.78, 5) is 63.2. The van der Waals surface area contributed by atoms with Crippen molar-refractivity contribution >= 4 is 29.8 Å². The van der Waals surface area contributed by atoms with E-state index in [-0.39, 0.29) is 43.0 Å². The van der Waals surface area contributed by atoms with E-state index in [0.717, 1.165) is 70.6 Å². The van der Waals surface area contributed by atoms with E-state index in [2.05, 4.69) is 11.8 Å². The van der Waals surface area contributed by atoms with Gasteiger partial charge in [0.05, 0.1) is 38.4 Å². The van der Waals surface area contributed by atoms with Gasteiger partial charge < -0.3 is 28.6 Å². The van der Waals surface area contributed by atoms with Crippen molar-refractivity contribution in [2.75, 3.05) is 33.0 Å². The fourth-order valence-electron chi connectivity index (χ4n) is 5.25. The summed E-state index contributed by atoms with van der Waals surface area (Å²) in [6.45, 7) is 4.25. The van der Waals surface area contributed by atoms with Gasteiger partial charge in [-0.2, -0.15) is 5.26 Å². The molecule has 1 N–H and O–H groups in total. The van der Waals surface area contributed by atoms with Crippen LogP contribution in [-0.2, 0) is 52.5 Å². The molecule has 0 saturated carbocycles. The summed E-state index contributed by atoms with van der Waals surface area (Å²) >= 11 is 0. The summed E-state index contributed by atoms with van der Waals surface area (Å²) in [7, 11) is 0. The Morgan fingerprint density at radius 3 is 1.43 bits per heavy atom. The van der Waals surface area contributed by atoms with Gasteiger partial charge in [-0.25, -0.2) is 4.79 Å². The molecule has 47 heavy (non-hydrogen) atoms. The number of ether oxygens (including phenoxy) is 5. The van der Waals surface area contributed by atoms with Crippen LogP contribution in [0.5, 0.6) is 0 Å². The molecule has 0 aromatic heterocycles. The van der Waals surface area contributed by atoms with Crippen LogP contribution >= 0.6 is 0 Å². The van der Waals surface area contributed by atoms with Crippen LogP contribution in [0, 0.1) is 5.92 Å². The molecule has 1 saturated heterocycles. The minimum Gasteiger partial charge on any atom is -0.466 e. The van der Waals surface area contributed by atoms with Crippen molar-refractivity contribution in [2.45, 2.75) is 154 Å². The molecule has 1 aliphatic rings. The van der Waals surface area contributed by atoms with E-state index in [0.29, 0.717) is 90.6 Å². The maximum absolute atomic E-state index is 12.0. The van der Waals surface area contributed by atoms with Gasteiger partial charge in [0.25, 0.3) is 0 Å². The highest BCUT2D eigenvalue weighted by Gasteiger charge is 2.27. The monoisotopic (exact) mass is 672 g/mol. The summed E-state index contributed by atoms with van der Waals surface area (Å²) in [5.74, 6) is -2.21. The van der Waals surface area contributed by atoms with Crippen LogP contribution in [-0.4, -0.2) is 74.2 Å². The third-order valence-corrected chi connectivity index (χ3v) is 8.05. The summed E-state index contributed by atoms with van der Waals surface area (Å²) in [6.07, 6.45) is 15.0. The average Bonchev–Trinajstić information content (AvgIpc) is 3.58. The van der Waals surface area contributed by atoms with Crippen LogP contribution < -0.4 is 0 Å². The second-order valence-electron chi connectivity index (χ2n) is 12.2. The van der Waals surface area contributed by atoms with Gasteiger partial charge >= 0.3 is 29.8 Å². The summed E-state index contributed by atoms with van der Waals surface area (Å²) < 4.78 is 26.5. The first-order chi connectivity index (χ1) is 22.8. The van der Waals surface area contributed by atoms with Gasteiger partial charge in [-0.3, -0.25) is 19.2 Å². The number of carbonyl (C=O) groups excluding carboxylic acids is 5. The van der Waals surface area contributed by atoms with Crippen LogP contribution in [0.15, 0.2) is 0 Å². The second-order valence-corrected chi connectivity index (χ2v) is 12.2. The van der Waals surface area contributed by atoms with Gasteiger partial charge in [0.1, 0.15) is 0 Å². The van der Waals surface area contributed by atoms with Crippen molar-refractivity contribution < 1.29 is 57.8 Å². The van der Waals surface area contributed by atoms with Gasteiger partial charge in [0.2, 0.25) is 0 Å². The van der Waals surface area contributed by atoms with Crippen molar-refractivity contribution in [1.82, 2.24) is 0 Å². The lowest BCUT2D eigenvalue weighted by molar-refractivity contribution is -0.240. The molecule has 0 aromatic rings. The van der Waals surface area contributed by atoms with Crippen molar-refractivity contribution in [2.24, 2.45) is 5.92 Å². The Labute approximate surface area is 280 Å². The highest BCUT2D eigenvalue weighted by atomic mass is 17.1. The molecular weight excluding hydrogens is 612 g/mol. The largest absolute Gasteiger partial charge is 0.466 e. The molecule has 0 amide bonds. The van der Waals surface area contributed by atoms with Gasteiger partial charge in [0, 0.05) is 32.3 Å². The predicted octanol–water partition coefficient (Wildman–Crippen LogP) is 6.79. The van der Waals surface area contributed by atoms with E-state index in [1.807, 2.05) is 0 Å². The lowest BCUT2D eigenvalue weighted by Gasteiger charge is -2.17. The Kier molecular flexibility index (Phi) is 26.5. The molecule has 0 radical (unpaired) electrons. The lowest BCUT2D eigenvalue weighted by atomic mass is 9.94. The molecule has 272 valence electrons. The molecule has 0 aliphatic carbocycles. The molecule has 12 heteroatoms. The van der Waals surface area contributed by atoms with E-state index in [9.17, 15) is 24.0 Å². The van der Waals surface area contributed by atoms with Gasteiger partial charge in [0.15, 0.2) is 0 Å². The Morgan fingerprint density at radius 2 is 1.04 bits per heavy atom. The number of esters is 4. The van der Waals surface area contributed by atoms with Crippen LogP contribution in [0.4, 0.5) is 0 Å². The van der Waals surface area contributed by atoms with E-state index in [1.54, 1.807) is 0 Å². The molecule has 1 rings (SSSR count). The predicted molar refractivity (Wildman–Crippen MR) is 173 cm³/mol. The smallest absolute Gasteiger partial charge is 0.345 e. The second kappa shape index (κ2) is 29.4. The molecule has 2 atom stereocenters. The topological polar surface area (TPSA) is 161 Å². The van der Waals surface area contributed by atoms with Crippen LogP contribution in [0.25, 0.3) is 0 Å². The Balaban J connectivity index is 1.89. The van der Waals surface area contributed by atoms with E-state index >= 15 is 0 Å². The SMILES string of the molecule is CCCCCCOC(=O)CCCCCOC(=O)CCCCCOC(=O)CCCCCOC(=O)CCCC(CC1CCCO1)C(=O)OO. The minimum absolute atomic E-state index is 0.0192. The van der Waals surface area contributed by atoms with Crippen molar-refractivity contribution in [3.63, 3.8) is 0 Å². The third-order valence-electron chi connectivity index (χ3n) is 8.05. The molecule has 1 heterocycles. The maximum atomic E-state index is 12.0. The fraction of sp³-hybridized carbons (Fsp3) is 0.857. The molecule has 12 nitrogen and oxygen atoms in total. The van der Waals surface area contributed by atoms with E-state index in [4.69, 9.17) is 28.9 Å². The number of rotatable bonds is 30. The lowest BCUT2D eigenvalue weighted by Crippen LogP contribution is -2.22. The highest BCUT2D eigenvalue weighted by molar-refractivity contribution is 5.72. The summed E-state index contributed by atoms with van der Waals surface area (Å²) in [5.41, 5.74) is 0. The number of hydrogen-bond donors (Lipinski definition) is 1. The molecule has 0 aromatic carbocycles. The molecular formula is C35H60O12. The average molecular weight is 673 g/mol. The minimum atomic E-state index is -0.700. The summed E-state index contributed by atoms with van der Waals surface area (Å²) in [6, 6.07) is 0. The normalized spacial score (nSPS) is 14.7. The molecule has 0 bridgehead atoms. The van der Waals surface area contributed by atoms with E-state index in [1.165, 1.54) is 0 Å². The number of carbonyl (C=O) groups is 5. The first-order valence-corrected chi connectivity index (χ1v) is 17.9. The highest BCUT2D eigenvalue weighted by Crippen LogP contribution is 2.24. The Bertz CT molecular complexity index is 855. The van der Waals surface area contributed by atoms with Crippen molar-refractivity contribution in [1.29, 1.82) is 0 Å². The molecule has 2 unspecified atom stereocenters. The van der Waals surface area contributed by atoms with E-state index < -0.39 is 11.9 Å². The zero-order chi connectivity index (χ0) is 34.4. The standard InChI is InChI=1S/C35H60O12/c1-2-3-4-11-23-43-31(36)19-8-5-12-24-44-32(37)20-9-6-13-25-45-33(38)21-10-7-14-26-46-34(39)22-15-17-29(35(40)47-41)28-30-18-16-27-42-30/h29-30,41H,2-28H2,1H3. The Morgan fingerprint density at radius 1 is 0.617 bits per heavy atom. The summed E-state index contributed by atoms with van der Waals surface area (Å²) in [5, 5.41) is 8.74. The van der Waals surface area contributed by atoms with Crippen molar-refractivity contribution in [3.8, 4) is 0 Å². The molecule has 1 aliphatic heterocycles. The first kappa shape index (κ1) is 42.3. The third kappa shape index (κ3) is 25.0. The van der Waals surface area contributed by atoms with Crippen LogP contribution in [0.2, 0.25) is 0 Å². The van der Waals surface area contributed by atoms with Crippen LogP contribution in [0.3, 0.4) is 0 Å². The number of hydrogen-bond acceptors (Lipinski definition) is 12. The fourth-order valence-corrected chi connectivity index (χ4v) is 5.25. The van der Waals surface area contributed by atoms with Crippen molar-refractivity contribution in [3.05, 3.63) is 0 Å². The van der Waals surface area contributed by atoms with Gasteiger partial charge in [-0.15, -0.1) is 0 Å². The Hall–Kier alpha value is -2.73. The maximum Gasteiger partial charge on any atom is 0.345 e. The quantitative estimate of drug-likeness (QED) is 0.0280. The zero-order valence-corrected chi connectivity index (χ0v) is 28.7. The van der Waals surface area contributed by atoms with Gasteiger partial charge in [-0.1, -0.05) is 26.2 Å². The molecule has 1 fully saturated rings. The molecule has 0 spiro atoms. The van der Waals surface area contributed by atoms with Crippen LogP contribution in [0.1, 0.15) is 148 Å². The zero-order valence-electron chi connectivity index (χ0n) is 28.7. The first-order valence-electron chi connectivity index (χ1n) is 17.9. The van der Waals surface area contributed by atoms with Gasteiger partial charge in [-0.05, 0) is 96.3 Å².